The van der Waals surface area contributed by atoms with E-state index in [1.165, 1.54) is 18.2 Å². The third-order valence-electron chi connectivity index (χ3n) is 1.89. The second-order valence-corrected chi connectivity index (χ2v) is 2.84. The average Bonchev–Trinajstić information content (AvgIpc) is 2.16. The zero-order chi connectivity index (χ0) is 11.0. The molecule has 2 aromatic rings. The fourth-order valence-corrected chi connectivity index (χ4v) is 1.22. The highest BCUT2D eigenvalue weighted by molar-refractivity contribution is 5.89. The van der Waals surface area contributed by atoms with E-state index in [0.717, 1.165) is 0 Å². The summed E-state index contributed by atoms with van der Waals surface area (Å²) in [5, 5.41) is 10.7. The van der Waals surface area contributed by atoms with Gasteiger partial charge in [0.15, 0.2) is 0 Å². The Morgan fingerprint density at radius 3 is 2.80 bits per heavy atom. The normalized spacial score (nSPS) is 10.5. The Morgan fingerprint density at radius 1 is 1.40 bits per heavy atom. The highest BCUT2D eigenvalue weighted by Gasteiger charge is 2.10. The van der Waals surface area contributed by atoms with Gasteiger partial charge in [-0.05, 0) is 6.07 Å². The number of non-ortho nitro benzene ring substituents is 1. The Kier molecular flexibility index (Phi) is 1.93. The lowest BCUT2D eigenvalue weighted by Gasteiger charge is -2.00. The van der Waals surface area contributed by atoms with Gasteiger partial charge in [-0.2, -0.15) is 9.37 Å². The smallest absolute Gasteiger partial charge is 0.311 e. The SMILES string of the molecule is Nc1nc(F)nc2ccc([N+](=O)[O-])cc12. The van der Waals surface area contributed by atoms with Crippen molar-refractivity contribution in [2.24, 2.45) is 0 Å². The third kappa shape index (κ3) is 1.54. The Hall–Kier alpha value is -2.31. The number of nitrogens with zero attached hydrogens (tertiary/aromatic N) is 3. The number of aromatic nitrogens is 2. The highest BCUT2D eigenvalue weighted by atomic mass is 19.1. The van der Waals surface area contributed by atoms with Crippen molar-refractivity contribution in [2.75, 3.05) is 5.73 Å². The first kappa shape index (κ1) is 9.25. The number of hydrogen-bond acceptors (Lipinski definition) is 5. The van der Waals surface area contributed by atoms with Gasteiger partial charge in [0, 0.05) is 17.5 Å². The summed E-state index contributed by atoms with van der Waals surface area (Å²) in [6.07, 6.45) is -0.950. The Morgan fingerprint density at radius 2 is 2.13 bits per heavy atom. The number of halogens is 1. The van der Waals surface area contributed by atoms with E-state index in [4.69, 9.17) is 5.73 Å². The lowest BCUT2D eigenvalue weighted by Crippen LogP contribution is -1.98. The average molecular weight is 208 g/mol. The van der Waals surface area contributed by atoms with Crippen molar-refractivity contribution in [1.29, 1.82) is 0 Å². The third-order valence-corrected chi connectivity index (χ3v) is 1.89. The molecule has 0 radical (unpaired) electrons. The summed E-state index contributed by atoms with van der Waals surface area (Å²) in [5.41, 5.74) is 5.52. The van der Waals surface area contributed by atoms with Gasteiger partial charge in [-0.25, -0.2) is 4.98 Å². The van der Waals surface area contributed by atoms with E-state index in [-0.39, 0.29) is 22.4 Å². The molecule has 76 valence electrons. The van der Waals surface area contributed by atoms with Crippen LogP contribution in [-0.4, -0.2) is 14.9 Å². The van der Waals surface area contributed by atoms with Gasteiger partial charge < -0.3 is 5.73 Å². The van der Waals surface area contributed by atoms with Gasteiger partial charge in [0.25, 0.3) is 5.69 Å². The van der Waals surface area contributed by atoms with Crippen molar-refractivity contribution in [3.05, 3.63) is 34.4 Å². The van der Waals surface area contributed by atoms with Gasteiger partial charge in [-0.1, -0.05) is 0 Å². The topological polar surface area (TPSA) is 94.9 Å². The van der Waals surface area contributed by atoms with Gasteiger partial charge >= 0.3 is 6.08 Å². The van der Waals surface area contributed by atoms with Crippen molar-refractivity contribution in [2.45, 2.75) is 0 Å². The van der Waals surface area contributed by atoms with Gasteiger partial charge in [0.05, 0.1) is 10.4 Å². The first-order chi connectivity index (χ1) is 7.08. The van der Waals surface area contributed by atoms with Crippen LogP contribution in [0.4, 0.5) is 15.9 Å². The van der Waals surface area contributed by atoms with E-state index >= 15 is 0 Å². The van der Waals surface area contributed by atoms with Crippen LogP contribution in [0, 0.1) is 16.2 Å². The minimum Gasteiger partial charge on any atom is -0.383 e. The van der Waals surface area contributed by atoms with Crippen LogP contribution in [0.5, 0.6) is 0 Å². The first-order valence-electron chi connectivity index (χ1n) is 3.95. The van der Waals surface area contributed by atoms with Crippen LogP contribution in [0.15, 0.2) is 18.2 Å². The van der Waals surface area contributed by atoms with Crippen molar-refractivity contribution < 1.29 is 9.31 Å². The van der Waals surface area contributed by atoms with Gasteiger partial charge in [0.2, 0.25) is 0 Å². The van der Waals surface area contributed by atoms with Gasteiger partial charge in [0.1, 0.15) is 5.82 Å². The summed E-state index contributed by atoms with van der Waals surface area (Å²) in [6, 6.07) is 3.77. The maximum atomic E-state index is 12.7. The zero-order valence-electron chi connectivity index (χ0n) is 7.35. The number of hydrogen-bond donors (Lipinski definition) is 1. The molecule has 0 saturated heterocycles. The number of benzene rings is 1. The maximum Gasteiger partial charge on any atom is 0.311 e. The molecular weight excluding hydrogens is 203 g/mol. The summed E-state index contributed by atoms with van der Waals surface area (Å²) < 4.78 is 12.7. The molecule has 0 atom stereocenters. The summed E-state index contributed by atoms with van der Waals surface area (Å²) in [5.74, 6) is -0.110. The number of anilines is 1. The van der Waals surface area contributed by atoms with Crippen LogP contribution < -0.4 is 5.73 Å². The molecule has 0 aliphatic heterocycles. The fourth-order valence-electron chi connectivity index (χ4n) is 1.22. The van der Waals surface area contributed by atoms with E-state index in [1.807, 2.05) is 0 Å². The Labute approximate surface area is 82.7 Å². The summed E-state index contributed by atoms with van der Waals surface area (Å²) >= 11 is 0. The molecule has 7 heteroatoms. The van der Waals surface area contributed by atoms with Crippen LogP contribution >= 0.6 is 0 Å². The summed E-state index contributed by atoms with van der Waals surface area (Å²) in [6.45, 7) is 0. The molecule has 0 aliphatic rings. The highest BCUT2D eigenvalue weighted by Crippen LogP contribution is 2.22. The first-order valence-corrected chi connectivity index (χ1v) is 3.95. The van der Waals surface area contributed by atoms with Crippen LogP contribution in [0.2, 0.25) is 0 Å². The Bertz CT molecular complexity index is 558. The molecule has 0 aliphatic carbocycles. The molecule has 0 fully saturated rings. The zero-order valence-corrected chi connectivity index (χ0v) is 7.35. The number of nitrogens with two attached hydrogens (primary N) is 1. The molecule has 2 rings (SSSR count). The van der Waals surface area contributed by atoms with Gasteiger partial charge in [-0.3, -0.25) is 10.1 Å². The number of nitro benzene ring substituents is 1. The van der Waals surface area contributed by atoms with E-state index in [9.17, 15) is 14.5 Å². The molecule has 0 bridgehead atoms. The molecular formula is C8H5FN4O2. The fraction of sp³-hybridized carbons (Fsp3) is 0. The molecule has 2 N–H and O–H groups in total. The predicted octanol–water partition coefficient (Wildman–Crippen LogP) is 1.26. The Balaban J connectivity index is 2.76. The minimum atomic E-state index is -0.950. The molecule has 1 aromatic carbocycles. The number of nitrogen functional groups attached to an aromatic ring is 1. The number of rotatable bonds is 1. The quantitative estimate of drug-likeness (QED) is 0.432. The maximum absolute atomic E-state index is 12.7. The minimum absolute atomic E-state index is 0.110. The molecule has 1 heterocycles. The number of fused-ring (bicyclic) bond motifs is 1. The molecule has 1 aromatic heterocycles. The second kappa shape index (κ2) is 3.12. The van der Waals surface area contributed by atoms with Crippen molar-refractivity contribution in [1.82, 2.24) is 9.97 Å². The molecule has 15 heavy (non-hydrogen) atoms. The monoisotopic (exact) mass is 208 g/mol. The van der Waals surface area contributed by atoms with Crippen LogP contribution in [0.1, 0.15) is 0 Å². The van der Waals surface area contributed by atoms with Crippen LogP contribution in [-0.2, 0) is 0 Å². The van der Waals surface area contributed by atoms with Crippen molar-refractivity contribution in [3.8, 4) is 0 Å². The molecule has 0 amide bonds. The summed E-state index contributed by atoms with van der Waals surface area (Å²) in [4.78, 5) is 16.6. The van der Waals surface area contributed by atoms with E-state index in [2.05, 4.69) is 9.97 Å². The lowest BCUT2D eigenvalue weighted by atomic mass is 10.2. The molecule has 6 nitrogen and oxygen atoms in total. The predicted molar refractivity (Wildman–Crippen MR) is 50.6 cm³/mol. The van der Waals surface area contributed by atoms with E-state index in [0.29, 0.717) is 0 Å². The molecule has 0 unspecified atom stereocenters. The van der Waals surface area contributed by atoms with E-state index in [1.54, 1.807) is 0 Å². The largest absolute Gasteiger partial charge is 0.383 e. The molecule has 0 saturated carbocycles. The molecule has 0 spiro atoms. The van der Waals surface area contributed by atoms with Crippen LogP contribution in [0.25, 0.3) is 10.9 Å². The van der Waals surface area contributed by atoms with Crippen molar-refractivity contribution in [3.63, 3.8) is 0 Å². The second-order valence-electron chi connectivity index (χ2n) is 2.84. The number of nitro groups is 1. The van der Waals surface area contributed by atoms with E-state index < -0.39 is 11.0 Å². The standard InChI is InChI=1S/C8H5FN4O2/c9-8-11-6-2-1-4(13(14)15)3-5(6)7(10)12-8/h1-3H,(H2,10,11,12). The van der Waals surface area contributed by atoms with Crippen LogP contribution in [0.3, 0.4) is 0 Å². The summed E-state index contributed by atoms with van der Waals surface area (Å²) in [7, 11) is 0. The lowest BCUT2D eigenvalue weighted by molar-refractivity contribution is -0.384. The van der Waals surface area contributed by atoms with Crippen molar-refractivity contribution >= 4 is 22.4 Å². The van der Waals surface area contributed by atoms with Gasteiger partial charge in [-0.15, -0.1) is 0 Å².